The minimum absolute atomic E-state index is 0.365. The molecule has 1 saturated heterocycles. The second kappa shape index (κ2) is 7.59. The lowest BCUT2D eigenvalue weighted by Crippen LogP contribution is -2.37. The van der Waals surface area contributed by atoms with Crippen LogP contribution in [0, 0.1) is 0 Å². The van der Waals surface area contributed by atoms with E-state index >= 15 is 0 Å². The van der Waals surface area contributed by atoms with Crippen molar-refractivity contribution < 1.29 is 14.2 Å². The van der Waals surface area contributed by atoms with Gasteiger partial charge in [0.05, 0.1) is 33.5 Å². The summed E-state index contributed by atoms with van der Waals surface area (Å²) in [6.07, 6.45) is 0. The minimum Gasteiger partial charge on any atom is -0.481 e. The van der Waals surface area contributed by atoms with E-state index in [1.807, 2.05) is 12.1 Å². The maximum atomic E-state index is 5.42. The van der Waals surface area contributed by atoms with Crippen LogP contribution in [0.15, 0.2) is 30.3 Å². The van der Waals surface area contributed by atoms with Crippen LogP contribution in [-0.2, 0) is 4.74 Å². The van der Waals surface area contributed by atoms with Crippen LogP contribution in [0.4, 0.5) is 0 Å². The molecule has 0 bridgehead atoms. The van der Waals surface area contributed by atoms with Crippen molar-refractivity contribution >= 4 is 0 Å². The zero-order valence-electron chi connectivity index (χ0n) is 14.4. The second-order valence-corrected chi connectivity index (χ2v) is 5.72. The number of rotatable bonds is 5. The Balaban J connectivity index is 1.81. The van der Waals surface area contributed by atoms with Gasteiger partial charge < -0.3 is 14.2 Å². The molecule has 6 heteroatoms. The third-order valence-corrected chi connectivity index (χ3v) is 4.34. The van der Waals surface area contributed by atoms with Gasteiger partial charge in [-0.25, -0.2) is 0 Å². The van der Waals surface area contributed by atoms with Gasteiger partial charge in [0.1, 0.15) is 0 Å². The lowest BCUT2D eigenvalue weighted by Gasteiger charge is -2.32. The minimum atomic E-state index is 0.365. The molecule has 0 unspecified atom stereocenters. The van der Waals surface area contributed by atoms with Crippen molar-refractivity contribution in [1.82, 2.24) is 14.9 Å². The van der Waals surface area contributed by atoms with Gasteiger partial charge in [-0.05, 0) is 12.5 Å². The van der Waals surface area contributed by atoms with Crippen molar-refractivity contribution in [2.75, 3.05) is 40.5 Å². The van der Waals surface area contributed by atoms with Gasteiger partial charge in [-0.2, -0.15) is 9.97 Å². The summed E-state index contributed by atoms with van der Waals surface area (Å²) >= 11 is 0. The molecule has 1 aliphatic heterocycles. The lowest BCUT2D eigenvalue weighted by atomic mass is 10.0. The first kappa shape index (κ1) is 16.7. The summed E-state index contributed by atoms with van der Waals surface area (Å²) in [5.74, 6) is 1.57. The molecule has 0 aliphatic carbocycles. The van der Waals surface area contributed by atoms with E-state index in [0.29, 0.717) is 23.6 Å². The number of aromatic nitrogens is 2. The molecule has 0 N–H and O–H groups in total. The first-order valence-corrected chi connectivity index (χ1v) is 8.10. The number of methoxy groups -OCH3 is 2. The van der Waals surface area contributed by atoms with E-state index in [-0.39, 0.29) is 0 Å². The van der Waals surface area contributed by atoms with E-state index in [1.165, 1.54) is 5.56 Å². The Morgan fingerprint density at radius 1 is 1.00 bits per heavy atom. The smallest absolute Gasteiger partial charge is 0.220 e. The number of morpholine rings is 1. The highest BCUT2D eigenvalue weighted by Gasteiger charge is 2.18. The van der Waals surface area contributed by atoms with Gasteiger partial charge in [-0.1, -0.05) is 24.3 Å². The third-order valence-electron chi connectivity index (χ3n) is 4.34. The normalized spacial score (nSPS) is 16.6. The average molecular weight is 329 g/mol. The summed E-state index contributed by atoms with van der Waals surface area (Å²) in [6, 6.07) is 10.4. The van der Waals surface area contributed by atoms with Crippen molar-refractivity contribution in [3.63, 3.8) is 0 Å². The summed E-state index contributed by atoms with van der Waals surface area (Å²) in [5, 5.41) is 0. The molecule has 1 aliphatic rings. The molecule has 0 spiro atoms. The zero-order valence-corrected chi connectivity index (χ0v) is 14.4. The molecule has 2 heterocycles. The molecule has 6 nitrogen and oxygen atoms in total. The summed E-state index contributed by atoms with van der Waals surface area (Å²) in [5.41, 5.74) is 2.21. The molecule has 128 valence electrons. The van der Waals surface area contributed by atoms with Crippen LogP contribution in [0.2, 0.25) is 0 Å². The summed E-state index contributed by atoms with van der Waals surface area (Å²) in [4.78, 5) is 11.2. The van der Waals surface area contributed by atoms with Crippen molar-refractivity contribution in [2.45, 2.75) is 13.0 Å². The Labute approximate surface area is 142 Å². The molecule has 1 aromatic heterocycles. The molecule has 3 rings (SSSR count). The number of nitrogens with zero attached hydrogens (tertiary/aromatic N) is 3. The van der Waals surface area contributed by atoms with E-state index in [0.717, 1.165) is 31.9 Å². The second-order valence-electron chi connectivity index (χ2n) is 5.72. The van der Waals surface area contributed by atoms with Crippen molar-refractivity contribution in [3.05, 3.63) is 35.9 Å². The molecule has 0 amide bonds. The fraction of sp³-hybridized carbons (Fsp3) is 0.444. The molecule has 2 aromatic rings. The zero-order chi connectivity index (χ0) is 16.9. The highest BCUT2D eigenvalue weighted by Crippen LogP contribution is 2.26. The Kier molecular flexibility index (Phi) is 5.27. The van der Waals surface area contributed by atoms with Crippen LogP contribution in [0.3, 0.4) is 0 Å². The van der Waals surface area contributed by atoms with Crippen LogP contribution in [0.1, 0.15) is 18.5 Å². The Hall–Kier alpha value is -2.18. The fourth-order valence-electron chi connectivity index (χ4n) is 2.83. The van der Waals surface area contributed by atoms with E-state index in [4.69, 9.17) is 14.2 Å². The predicted octanol–water partition coefficient (Wildman–Crippen LogP) is 2.55. The molecule has 1 fully saturated rings. The molecule has 0 saturated carbocycles. The molecule has 1 aromatic carbocycles. The van der Waals surface area contributed by atoms with Crippen molar-refractivity contribution in [1.29, 1.82) is 0 Å². The van der Waals surface area contributed by atoms with Gasteiger partial charge in [0, 0.05) is 24.7 Å². The topological polar surface area (TPSA) is 56.7 Å². The summed E-state index contributed by atoms with van der Waals surface area (Å²) < 4.78 is 15.8. The first-order chi connectivity index (χ1) is 11.7. The first-order valence-electron chi connectivity index (χ1n) is 8.10. The molecule has 0 radical (unpaired) electrons. The van der Waals surface area contributed by atoms with E-state index in [1.54, 1.807) is 20.3 Å². The largest absolute Gasteiger partial charge is 0.481 e. The average Bonchev–Trinajstić information content (AvgIpc) is 2.67. The fourth-order valence-corrected chi connectivity index (χ4v) is 2.83. The quantitative estimate of drug-likeness (QED) is 0.840. The standard InChI is InChI=1S/C18H23N3O3/c1-13(21-8-10-24-11-9-21)14-4-6-15(7-5-14)18-19-16(22-2)12-17(20-18)23-3/h4-7,12-13H,8-11H2,1-3H3/t13-/m1/s1. The van der Waals surface area contributed by atoms with Crippen molar-refractivity contribution in [3.8, 4) is 23.1 Å². The Morgan fingerprint density at radius 3 is 2.12 bits per heavy atom. The SMILES string of the molecule is COc1cc(OC)nc(-c2ccc([C@@H](C)N3CCOCC3)cc2)n1. The number of ether oxygens (including phenoxy) is 3. The maximum Gasteiger partial charge on any atom is 0.220 e. The van der Waals surface area contributed by atoms with Crippen molar-refractivity contribution in [2.24, 2.45) is 0 Å². The Morgan fingerprint density at radius 2 is 1.58 bits per heavy atom. The van der Waals surface area contributed by atoms with E-state index < -0.39 is 0 Å². The van der Waals surface area contributed by atoms with Gasteiger partial charge in [0.25, 0.3) is 0 Å². The van der Waals surface area contributed by atoms with Crippen LogP contribution in [-0.4, -0.2) is 55.4 Å². The van der Waals surface area contributed by atoms with E-state index in [2.05, 4.69) is 33.9 Å². The summed E-state index contributed by atoms with van der Waals surface area (Å²) in [6.45, 7) is 5.78. The molecular weight excluding hydrogens is 306 g/mol. The number of hydrogen-bond acceptors (Lipinski definition) is 6. The van der Waals surface area contributed by atoms with Gasteiger partial charge in [0.2, 0.25) is 11.8 Å². The number of hydrogen-bond donors (Lipinski definition) is 0. The highest BCUT2D eigenvalue weighted by atomic mass is 16.5. The van der Waals surface area contributed by atoms with E-state index in [9.17, 15) is 0 Å². The highest BCUT2D eigenvalue weighted by molar-refractivity contribution is 5.56. The molecular formula is C18H23N3O3. The summed E-state index contributed by atoms with van der Waals surface area (Å²) in [7, 11) is 3.16. The van der Waals surface area contributed by atoms with Crippen LogP contribution in [0.5, 0.6) is 11.8 Å². The van der Waals surface area contributed by atoms with Gasteiger partial charge >= 0.3 is 0 Å². The molecule has 24 heavy (non-hydrogen) atoms. The van der Waals surface area contributed by atoms with Crippen LogP contribution < -0.4 is 9.47 Å². The van der Waals surface area contributed by atoms with Gasteiger partial charge in [-0.15, -0.1) is 0 Å². The Bertz CT molecular complexity index is 647. The van der Waals surface area contributed by atoms with Gasteiger partial charge in [-0.3, -0.25) is 4.90 Å². The molecule has 1 atom stereocenters. The predicted molar refractivity (Wildman–Crippen MR) is 91.4 cm³/mol. The monoisotopic (exact) mass is 329 g/mol. The van der Waals surface area contributed by atoms with Crippen LogP contribution >= 0.6 is 0 Å². The van der Waals surface area contributed by atoms with Gasteiger partial charge in [0.15, 0.2) is 5.82 Å². The lowest BCUT2D eigenvalue weighted by molar-refractivity contribution is 0.0198. The number of benzene rings is 1. The maximum absolute atomic E-state index is 5.42. The van der Waals surface area contributed by atoms with Crippen LogP contribution in [0.25, 0.3) is 11.4 Å². The third kappa shape index (κ3) is 3.66.